The molecule has 2 aliphatic rings. The Kier molecular flexibility index (Phi) is 7.22. The maximum Gasteiger partial charge on any atom is 0.242 e. The first-order valence-corrected chi connectivity index (χ1v) is 10.3. The van der Waals surface area contributed by atoms with Crippen molar-refractivity contribution >= 4 is 18.1 Å². The Bertz CT molecular complexity index is 735. The van der Waals surface area contributed by atoms with E-state index in [0.29, 0.717) is 42.3 Å². The number of hydrogen-bond donors (Lipinski definition) is 3. The maximum atomic E-state index is 13.2. The molecule has 3 rings (SSSR count). The van der Waals surface area contributed by atoms with Gasteiger partial charge >= 0.3 is 0 Å². The van der Waals surface area contributed by atoms with Gasteiger partial charge in [-0.3, -0.25) is 24.6 Å². The summed E-state index contributed by atoms with van der Waals surface area (Å²) in [6, 6.07) is 5.94. The van der Waals surface area contributed by atoms with Gasteiger partial charge in [0, 0.05) is 13.0 Å². The van der Waals surface area contributed by atoms with Crippen LogP contribution < -0.4 is 5.43 Å². The van der Waals surface area contributed by atoms with E-state index >= 15 is 0 Å². The predicted molar refractivity (Wildman–Crippen MR) is 105 cm³/mol. The molecule has 0 bridgehead atoms. The molecule has 0 spiro atoms. The van der Waals surface area contributed by atoms with Crippen molar-refractivity contribution in [1.82, 2.24) is 15.5 Å². The molecule has 2 fully saturated rings. The van der Waals surface area contributed by atoms with Crippen molar-refractivity contribution < 1.29 is 24.7 Å². The lowest BCUT2D eigenvalue weighted by atomic mass is 9.91. The summed E-state index contributed by atoms with van der Waals surface area (Å²) < 4.78 is 0. The molecule has 1 aromatic rings. The Morgan fingerprint density at radius 1 is 1.28 bits per heavy atom. The number of hydroxylamine groups is 2. The van der Waals surface area contributed by atoms with Crippen molar-refractivity contribution in [2.24, 2.45) is 11.8 Å². The molecule has 1 aromatic carbocycles. The highest BCUT2D eigenvalue weighted by atomic mass is 16.5. The molecule has 2 atom stereocenters. The van der Waals surface area contributed by atoms with E-state index in [9.17, 15) is 24.7 Å². The van der Waals surface area contributed by atoms with Gasteiger partial charge in [-0.15, -0.1) is 0 Å². The quantitative estimate of drug-likeness (QED) is 0.329. The number of hydrazine groups is 1. The van der Waals surface area contributed by atoms with Crippen molar-refractivity contribution in [1.29, 1.82) is 0 Å². The maximum absolute atomic E-state index is 13.2. The largest absolute Gasteiger partial charge is 0.508 e. The molecule has 1 saturated heterocycles. The lowest BCUT2D eigenvalue weighted by molar-refractivity contribution is -0.159. The molecular formula is C21H29N3O5. The Hall–Kier alpha value is -2.45. The van der Waals surface area contributed by atoms with E-state index in [1.165, 1.54) is 5.01 Å². The Morgan fingerprint density at radius 3 is 2.72 bits per heavy atom. The van der Waals surface area contributed by atoms with Crippen molar-refractivity contribution in [3.63, 3.8) is 0 Å². The smallest absolute Gasteiger partial charge is 0.242 e. The molecule has 158 valence electrons. The van der Waals surface area contributed by atoms with Crippen LogP contribution in [0.5, 0.6) is 5.75 Å². The number of aromatic hydroxyl groups is 1. The van der Waals surface area contributed by atoms with Crippen LogP contribution in [0.1, 0.15) is 44.1 Å². The fraction of sp³-hybridized carbons (Fsp3) is 0.571. The number of benzene rings is 1. The predicted octanol–water partition coefficient (Wildman–Crippen LogP) is 1.65. The fourth-order valence-corrected chi connectivity index (χ4v) is 4.45. The van der Waals surface area contributed by atoms with Gasteiger partial charge in [-0.25, -0.2) is 10.5 Å². The van der Waals surface area contributed by atoms with Crippen LogP contribution in [0.25, 0.3) is 0 Å². The van der Waals surface area contributed by atoms with Crippen molar-refractivity contribution in [2.45, 2.75) is 51.0 Å². The van der Waals surface area contributed by atoms with Gasteiger partial charge in [-0.2, -0.15) is 0 Å². The molecule has 1 aliphatic carbocycles. The summed E-state index contributed by atoms with van der Waals surface area (Å²) in [5.74, 6) is -0.432. The third-order valence-corrected chi connectivity index (χ3v) is 5.88. The molecule has 29 heavy (non-hydrogen) atoms. The molecule has 3 N–H and O–H groups in total. The third kappa shape index (κ3) is 5.55. The van der Waals surface area contributed by atoms with Crippen LogP contribution in [0.3, 0.4) is 0 Å². The first-order valence-electron chi connectivity index (χ1n) is 10.3. The fourth-order valence-electron chi connectivity index (χ4n) is 4.45. The van der Waals surface area contributed by atoms with Crippen LogP contribution in [-0.2, 0) is 20.8 Å². The summed E-state index contributed by atoms with van der Waals surface area (Å²) in [6.07, 6.45) is 5.89. The minimum absolute atomic E-state index is 0.0789. The highest BCUT2D eigenvalue weighted by molar-refractivity contribution is 5.91. The summed E-state index contributed by atoms with van der Waals surface area (Å²) in [5, 5.41) is 21.2. The second-order valence-corrected chi connectivity index (χ2v) is 8.04. The van der Waals surface area contributed by atoms with Crippen LogP contribution in [0.15, 0.2) is 24.3 Å². The number of rotatable bonds is 9. The lowest BCUT2D eigenvalue weighted by Gasteiger charge is -2.30. The molecule has 2 amide bonds. The third-order valence-electron chi connectivity index (χ3n) is 5.88. The highest BCUT2D eigenvalue weighted by Crippen LogP contribution is 2.31. The van der Waals surface area contributed by atoms with E-state index in [2.05, 4.69) is 5.43 Å². The molecule has 1 saturated carbocycles. The number of phenols is 1. The summed E-state index contributed by atoms with van der Waals surface area (Å²) in [5.41, 5.74) is 3.70. The van der Waals surface area contributed by atoms with Crippen LogP contribution in [0.4, 0.5) is 0 Å². The molecule has 1 heterocycles. The summed E-state index contributed by atoms with van der Waals surface area (Å²) in [4.78, 5) is 37.0. The molecule has 0 aromatic heterocycles. The summed E-state index contributed by atoms with van der Waals surface area (Å²) in [7, 11) is 0. The molecule has 0 unspecified atom stereocenters. The number of phenolic OH excluding ortho intramolecular Hbond substituents is 1. The van der Waals surface area contributed by atoms with E-state index in [-0.39, 0.29) is 30.4 Å². The number of amides is 2. The number of carbonyl (C=O) groups excluding carboxylic acids is 3. The van der Waals surface area contributed by atoms with E-state index in [1.54, 1.807) is 24.3 Å². The van der Waals surface area contributed by atoms with Crippen LogP contribution in [0, 0.1) is 11.8 Å². The van der Waals surface area contributed by atoms with Gasteiger partial charge in [-0.05, 0) is 36.5 Å². The SMILES string of the molecule is O=CN(O)C[C@@H](CC1CCCC1)C(=O)N1NCC[C@H]1C(=O)Cc1cccc(O)c1. The van der Waals surface area contributed by atoms with E-state index < -0.39 is 12.0 Å². The van der Waals surface area contributed by atoms with E-state index in [0.717, 1.165) is 25.7 Å². The van der Waals surface area contributed by atoms with Crippen LogP contribution >= 0.6 is 0 Å². The van der Waals surface area contributed by atoms with Gasteiger partial charge in [0.1, 0.15) is 11.8 Å². The van der Waals surface area contributed by atoms with Gasteiger partial charge < -0.3 is 5.11 Å². The van der Waals surface area contributed by atoms with E-state index in [4.69, 9.17) is 0 Å². The molecule has 1 aliphatic heterocycles. The summed E-state index contributed by atoms with van der Waals surface area (Å²) >= 11 is 0. The summed E-state index contributed by atoms with van der Waals surface area (Å²) in [6.45, 7) is 0.430. The highest BCUT2D eigenvalue weighted by Gasteiger charge is 2.38. The van der Waals surface area contributed by atoms with Crippen LogP contribution in [-0.4, -0.2) is 57.6 Å². The zero-order chi connectivity index (χ0) is 20.8. The van der Waals surface area contributed by atoms with Gasteiger partial charge in [0.25, 0.3) is 0 Å². The Balaban J connectivity index is 1.69. The molecule has 8 heteroatoms. The van der Waals surface area contributed by atoms with Gasteiger partial charge in [0.2, 0.25) is 12.3 Å². The van der Waals surface area contributed by atoms with Gasteiger partial charge in [0.15, 0.2) is 5.78 Å². The first kappa shape index (κ1) is 21.3. The number of nitrogens with one attached hydrogen (secondary N) is 1. The lowest BCUT2D eigenvalue weighted by Crippen LogP contribution is -2.50. The van der Waals surface area contributed by atoms with Gasteiger partial charge in [0.05, 0.1) is 12.5 Å². The number of nitrogens with zero attached hydrogens (tertiary/aromatic N) is 2. The minimum atomic E-state index is -0.598. The monoisotopic (exact) mass is 403 g/mol. The van der Waals surface area contributed by atoms with Crippen LogP contribution in [0.2, 0.25) is 0 Å². The van der Waals surface area contributed by atoms with Gasteiger partial charge in [-0.1, -0.05) is 37.8 Å². The number of carbonyl (C=O) groups is 3. The Morgan fingerprint density at radius 2 is 2.03 bits per heavy atom. The van der Waals surface area contributed by atoms with Crippen molar-refractivity contribution in [3.8, 4) is 5.75 Å². The minimum Gasteiger partial charge on any atom is -0.508 e. The number of hydrogen-bond acceptors (Lipinski definition) is 6. The average molecular weight is 403 g/mol. The van der Waals surface area contributed by atoms with Crippen molar-refractivity contribution in [2.75, 3.05) is 13.1 Å². The second kappa shape index (κ2) is 9.84. The number of ketones is 1. The van der Waals surface area contributed by atoms with E-state index in [1.807, 2.05) is 0 Å². The Labute approximate surface area is 170 Å². The topological polar surface area (TPSA) is 110 Å². The first-order chi connectivity index (χ1) is 14.0. The molecule has 0 radical (unpaired) electrons. The second-order valence-electron chi connectivity index (χ2n) is 8.04. The zero-order valence-corrected chi connectivity index (χ0v) is 16.5. The van der Waals surface area contributed by atoms with Crippen molar-refractivity contribution in [3.05, 3.63) is 29.8 Å². The molecular weight excluding hydrogens is 374 g/mol. The molecule has 8 nitrogen and oxygen atoms in total. The zero-order valence-electron chi connectivity index (χ0n) is 16.5. The average Bonchev–Trinajstić information content (AvgIpc) is 3.38. The standard InChI is InChI=1S/C21H29N3O5/c25-14-23(29)13-17(10-15-4-1-2-5-15)21(28)24-19(8-9-22-24)20(27)12-16-6-3-7-18(26)11-16/h3,6-7,11,14-15,17,19,22,26,29H,1-2,4-5,8-10,12-13H2/t17-,19+/m1/s1. The normalized spacial score (nSPS) is 20.6. The number of Topliss-reactive ketones (excluding diaryl/α,β-unsaturated/α-hetero) is 1.